The number of sulfonamides is 1. The van der Waals surface area contributed by atoms with Crippen molar-refractivity contribution >= 4 is 16.0 Å². The van der Waals surface area contributed by atoms with Crippen LogP contribution in [0.3, 0.4) is 0 Å². The Morgan fingerprint density at radius 2 is 2.10 bits per heavy atom. The molecule has 0 aliphatic heterocycles. The summed E-state index contributed by atoms with van der Waals surface area (Å²) in [6.07, 6.45) is 3.23. The maximum Gasteiger partial charge on any atom is 0.339 e. The monoisotopic (exact) mass is 295 g/mol. The van der Waals surface area contributed by atoms with Crippen LogP contribution in [0.4, 0.5) is 0 Å². The molecular weight excluding hydrogens is 278 g/mol. The van der Waals surface area contributed by atoms with Crippen LogP contribution in [0.1, 0.15) is 23.2 Å². The first-order chi connectivity index (χ1) is 9.52. The number of ether oxygens (including phenoxy) is 1. The van der Waals surface area contributed by atoms with Crippen molar-refractivity contribution < 1.29 is 17.9 Å². The summed E-state index contributed by atoms with van der Waals surface area (Å²) in [5, 5.41) is 0. The zero-order valence-electron chi connectivity index (χ0n) is 11.3. The van der Waals surface area contributed by atoms with Gasteiger partial charge >= 0.3 is 5.97 Å². The fourth-order valence-electron chi connectivity index (χ4n) is 2.03. The topological polar surface area (TPSA) is 63.7 Å². The zero-order chi connectivity index (χ0) is 14.8. The van der Waals surface area contributed by atoms with Crippen molar-refractivity contribution in [3.05, 3.63) is 42.5 Å². The van der Waals surface area contributed by atoms with E-state index in [1.165, 1.54) is 23.5 Å². The molecule has 0 heterocycles. The molecule has 1 aliphatic rings. The van der Waals surface area contributed by atoms with Gasteiger partial charge in [-0.05, 0) is 25.0 Å². The smallest absolute Gasteiger partial charge is 0.339 e. The molecule has 20 heavy (non-hydrogen) atoms. The summed E-state index contributed by atoms with van der Waals surface area (Å²) in [6.45, 7) is 3.83. The third-order valence-electron chi connectivity index (χ3n) is 3.14. The number of benzene rings is 1. The highest BCUT2D eigenvalue weighted by Crippen LogP contribution is 2.33. The van der Waals surface area contributed by atoms with Gasteiger partial charge in [0.1, 0.15) is 0 Å². The maximum atomic E-state index is 12.7. The van der Waals surface area contributed by atoms with Gasteiger partial charge in [0, 0.05) is 12.6 Å². The van der Waals surface area contributed by atoms with Crippen molar-refractivity contribution in [3.63, 3.8) is 0 Å². The standard InChI is InChI=1S/C14H17NO4S/c1-3-10-15(11-8-9-11)20(17,18)13-7-5-4-6-12(13)14(16)19-2/h3-7,11H,1,8-10H2,2H3. The van der Waals surface area contributed by atoms with Gasteiger partial charge in [-0.25, -0.2) is 13.2 Å². The highest BCUT2D eigenvalue weighted by atomic mass is 32.2. The maximum absolute atomic E-state index is 12.7. The first-order valence-corrected chi connectivity index (χ1v) is 7.76. The molecule has 6 heteroatoms. The van der Waals surface area contributed by atoms with Gasteiger partial charge in [0.25, 0.3) is 0 Å². The van der Waals surface area contributed by atoms with Gasteiger partial charge in [-0.1, -0.05) is 18.2 Å². The molecule has 0 saturated heterocycles. The number of carbonyl (C=O) groups excluding carboxylic acids is 1. The summed E-state index contributed by atoms with van der Waals surface area (Å²) in [7, 11) is -2.49. The van der Waals surface area contributed by atoms with Gasteiger partial charge < -0.3 is 4.74 Å². The molecule has 2 rings (SSSR count). The number of methoxy groups -OCH3 is 1. The third kappa shape index (κ3) is 2.76. The molecule has 0 bridgehead atoms. The van der Waals surface area contributed by atoms with Crippen LogP contribution >= 0.6 is 0 Å². The van der Waals surface area contributed by atoms with E-state index in [-0.39, 0.29) is 23.0 Å². The molecule has 1 aromatic carbocycles. The molecule has 1 aliphatic carbocycles. The number of hydrogen-bond acceptors (Lipinski definition) is 4. The van der Waals surface area contributed by atoms with E-state index in [1.54, 1.807) is 18.2 Å². The molecule has 0 spiro atoms. The molecule has 1 aromatic rings. The van der Waals surface area contributed by atoms with Crippen LogP contribution in [0, 0.1) is 0 Å². The molecule has 1 fully saturated rings. The van der Waals surface area contributed by atoms with E-state index in [2.05, 4.69) is 11.3 Å². The second kappa shape index (κ2) is 5.76. The van der Waals surface area contributed by atoms with Crippen molar-refractivity contribution in [1.29, 1.82) is 0 Å². The first kappa shape index (κ1) is 14.7. The minimum atomic E-state index is -3.72. The van der Waals surface area contributed by atoms with E-state index in [0.717, 1.165) is 12.8 Å². The normalized spacial score (nSPS) is 15.1. The molecule has 0 unspecified atom stereocenters. The Kier molecular flexibility index (Phi) is 4.25. The molecular formula is C14H17NO4S. The summed E-state index contributed by atoms with van der Waals surface area (Å²) in [5.74, 6) is -0.654. The minimum Gasteiger partial charge on any atom is -0.465 e. The average molecular weight is 295 g/mol. The molecule has 0 atom stereocenters. The minimum absolute atomic E-state index is 0.00343. The lowest BCUT2D eigenvalue weighted by Crippen LogP contribution is -2.34. The summed E-state index contributed by atoms with van der Waals surface area (Å²) in [6, 6.07) is 6.10. The fraction of sp³-hybridized carbons (Fsp3) is 0.357. The van der Waals surface area contributed by atoms with Crippen molar-refractivity contribution in [3.8, 4) is 0 Å². The summed E-state index contributed by atoms with van der Waals surface area (Å²) in [4.78, 5) is 11.7. The Morgan fingerprint density at radius 3 is 2.65 bits per heavy atom. The molecule has 0 aromatic heterocycles. The van der Waals surface area contributed by atoms with Crippen LogP contribution < -0.4 is 0 Å². The van der Waals surface area contributed by atoms with Crippen molar-refractivity contribution in [2.24, 2.45) is 0 Å². The van der Waals surface area contributed by atoms with Crippen molar-refractivity contribution in [2.75, 3.05) is 13.7 Å². The number of esters is 1. The van der Waals surface area contributed by atoms with E-state index in [0.29, 0.717) is 0 Å². The number of hydrogen-bond donors (Lipinski definition) is 0. The van der Waals surface area contributed by atoms with Crippen LogP contribution in [0.2, 0.25) is 0 Å². The van der Waals surface area contributed by atoms with Crippen LogP contribution in [-0.2, 0) is 14.8 Å². The van der Waals surface area contributed by atoms with Crippen LogP contribution in [0.15, 0.2) is 41.8 Å². The molecule has 0 amide bonds. The molecule has 1 saturated carbocycles. The molecule has 0 radical (unpaired) electrons. The molecule has 5 nitrogen and oxygen atoms in total. The predicted octanol–water partition coefficient (Wildman–Crippen LogP) is 1.81. The summed E-state index contributed by atoms with van der Waals surface area (Å²) in [5.41, 5.74) is 0.0599. The van der Waals surface area contributed by atoms with Crippen LogP contribution in [0.25, 0.3) is 0 Å². The van der Waals surface area contributed by atoms with Crippen molar-refractivity contribution in [1.82, 2.24) is 4.31 Å². The lowest BCUT2D eigenvalue weighted by Gasteiger charge is -2.21. The van der Waals surface area contributed by atoms with Gasteiger partial charge in [0.15, 0.2) is 0 Å². The highest BCUT2D eigenvalue weighted by Gasteiger charge is 2.38. The van der Waals surface area contributed by atoms with E-state index in [1.807, 2.05) is 0 Å². The van der Waals surface area contributed by atoms with E-state index in [9.17, 15) is 13.2 Å². The largest absolute Gasteiger partial charge is 0.465 e. The second-order valence-electron chi connectivity index (χ2n) is 4.58. The third-order valence-corrected chi connectivity index (χ3v) is 5.12. The Bertz CT molecular complexity index is 620. The van der Waals surface area contributed by atoms with Crippen molar-refractivity contribution in [2.45, 2.75) is 23.8 Å². The molecule has 0 N–H and O–H groups in total. The quantitative estimate of drug-likeness (QED) is 0.593. The highest BCUT2D eigenvalue weighted by molar-refractivity contribution is 7.89. The lowest BCUT2D eigenvalue weighted by atomic mass is 10.2. The Morgan fingerprint density at radius 1 is 1.45 bits per heavy atom. The zero-order valence-corrected chi connectivity index (χ0v) is 12.1. The summed E-state index contributed by atoms with van der Waals surface area (Å²) >= 11 is 0. The van der Waals surface area contributed by atoms with Gasteiger partial charge in [-0.15, -0.1) is 6.58 Å². The van der Waals surface area contributed by atoms with Gasteiger partial charge in [0.2, 0.25) is 10.0 Å². The van der Waals surface area contributed by atoms with E-state index < -0.39 is 16.0 Å². The number of rotatable bonds is 6. The average Bonchev–Trinajstić information content (AvgIpc) is 3.28. The van der Waals surface area contributed by atoms with Gasteiger partial charge in [-0.2, -0.15) is 4.31 Å². The Labute approximate surface area is 118 Å². The van der Waals surface area contributed by atoms with Gasteiger partial charge in [0.05, 0.1) is 17.6 Å². The van der Waals surface area contributed by atoms with E-state index >= 15 is 0 Å². The van der Waals surface area contributed by atoms with E-state index in [4.69, 9.17) is 0 Å². The lowest BCUT2D eigenvalue weighted by molar-refractivity contribution is 0.0596. The fourth-order valence-corrected chi connectivity index (χ4v) is 3.87. The number of nitrogens with zero attached hydrogens (tertiary/aromatic N) is 1. The molecule has 108 valence electrons. The Balaban J connectivity index is 2.48. The first-order valence-electron chi connectivity index (χ1n) is 6.32. The van der Waals surface area contributed by atoms with Crippen LogP contribution in [-0.4, -0.2) is 38.4 Å². The number of carbonyl (C=O) groups is 1. The summed E-state index contributed by atoms with van der Waals surface area (Å²) < 4.78 is 31.5. The predicted molar refractivity (Wildman–Crippen MR) is 74.9 cm³/mol. The van der Waals surface area contributed by atoms with Crippen LogP contribution in [0.5, 0.6) is 0 Å². The SMILES string of the molecule is C=CCN(C1CC1)S(=O)(=O)c1ccccc1C(=O)OC. The Hall–Kier alpha value is -1.66. The second-order valence-corrected chi connectivity index (χ2v) is 6.44. The van der Waals surface area contributed by atoms with Gasteiger partial charge in [-0.3, -0.25) is 0 Å².